The van der Waals surface area contributed by atoms with Gasteiger partial charge in [-0.15, -0.1) is 0 Å². The minimum Gasteiger partial charge on any atom is -0.369 e. The second kappa shape index (κ2) is 7.68. The summed E-state index contributed by atoms with van der Waals surface area (Å²) in [5, 5.41) is 0. The van der Waals surface area contributed by atoms with Gasteiger partial charge < -0.3 is 4.90 Å². The minimum atomic E-state index is 0.625. The Hall–Kier alpha value is -1.02. The molecule has 0 saturated carbocycles. The molecule has 1 aromatic rings. The summed E-state index contributed by atoms with van der Waals surface area (Å²) in [5.41, 5.74) is 2.83. The van der Waals surface area contributed by atoms with Crippen LogP contribution in [-0.2, 0) is 0 Å². The number of piperazine rings is 1. The smallest absolute Gasteiger partial charge is 0.0367 e. The van der Waals surface area contributed by atoms with E-state index >= 15 is 0 Å². The van der Waals surface area contributed by atoms with Crippen LogP contribution in [0.2, 0.25) is 0 Å². The lowest BCUT2D eigenvalue weighted by Crippen LogP contribution is -2.46. The molecule has 1 saturated heterocycles. The largest absolute Gasteiger partial charge is 0.369 e. The minimum absolute atomic E-state index is 0.625. The lowest BCUT2D eigenvalue weighted by atomic mass is 10.0. The van der Waals surface area contributed by atoms with E-state index in [1.54, 1.807) is 0 Å². The first-order valence-electron chi connectivity index (χ1n) is 8.28. The Bertz CT molecular complexity index is 375. The van der Waals surface area contributed by atoms with Crippen LogP contribution >= 0.6 is 0 Å². The van der Waals surface area contributed by atoms with Crippen molar-refractivity contribution in [1.29, 1.82) is 0 Å². The topological polar surface area (TPSA) is 6.48 Å². The summed E-state index contributed by atoms with van der Waals surface area (Å²) in [5.74, 6) is 0.625. The van der Waals surface area contributed by atoms with Crippen molar-refractivity contribution in [2.24, 2.45) is 0 Å². The highest BCUT2D eigenvalue weighted by Gasteiger charge is 2.16. The van der Waals surface area contributed by atoms with E-state index in [9.17, 15) is 0 Å². The van der Waals surface area contributed by atoms with Gasteiger partial charge in [-0.2, -0.15) is 0 Å². The Morgan fingerprint density at radius 1 is 0.950 bits per heavy atom. The summed E-state index contributed by atoms with van der Waals surface area (Å²) < 4.78 is 0. The van der Waals surface area contributed by atoms with E-state index in [-0.39, 0.29) is 0 Å². The molecule has 0 atom stereocenters. The van der Waals surface area contributed by atoms with Gasteiger partial charge in [0.1, 0.15) is 0 Å². The molecule has 0 aliphatic carbocycles. The fraction of sp³-hybridized carbons (Fsp3) is 0.667. The van der Waals surface area contributed by atoms with Gasteiger partial charge in [0.2, 0.25) is 0 Å². The van der Waals surface area contributed by atoms with Crippen molar-refractivity contribution in [3.8, 4) is 0 Å². The van der Waals surface area contributed by atoms with E-state index in [4.69, 9.17) is 0 Å². The van der Waals surface area contributed by atoms with Crippen molar-refractivity contribution in [3.63, 3.8) is 0 Å². The predicted molar refractivity (Wildman–Crippen MR) is 88.7 cm³/mol. The average Bonchev–Trinajstić information content (AvgIpc) is 2.48. The number of hydrogen-bond donors (Lipinski definition) is 0. The Labute approximate surface area is 124 Å². The van der Waals surface area contributed by atoms with Crippen molar-refractivity contribution in [2.75, 3.05) is 37.6 Å². The van der Waals surface area contributed by atoms with Crippen LogP contribution in [0.15, 0.2) is 24.3 Å². The predicted octanol–water partition coefficient (Wildman–Crippen LogP) is 4.12. The molecule has 0 aromatic heterocycles. The third-order valence-electron chi connectivity index (χ3n) is 4.38. The summed E-state index contributed by atoms with van der Waals surface area (Å²) in [4.78, 5) is 5.15. The lowest BCUT2D eigenvalue weighted by molar-refractivity contribution is 0.252. The second-order valence-electron chi connectivity index (χ2n) is 6.28. The Kier molecular flexibility index (Phi) is 5.90. The zero-order chi connectivity index (χ0) is 14.4. The molecule has 0 unspecified atom stereocenters. The third-order valence-corrected chi connectivity index (χ3v) is 4.38. The van der Waals surface area contributed by atoms with Gasteiger partial charge in [0.05, 0.1) is 0 Å². The van der Waals surface area contributed by atoms with Crippen LogP contribution in [0.3, 0.4) is 0 Å². The molecule has 1 aromatic carbocycles. The van der Waals surface area contributed by atoms with Gasteiger partial charge in [-0.1, -0.05) is 45.7 Å². The van der Waals surface area contributed by atoms with E-state index < -0.39 is 0 Å². The van der Waals surface area contributed by atoms with Gasteiger partial charge in [-0.25, -0.2) is 0 Å². The van der Waals surface area contributed by atoms with Gasteiger partial charge >= 0.3 is 0 Å². The van der Waals surface area contributed by atoms with Crippen LogP contribution in [-0.4, -0.2) is 37.6 Å². The highest BCUT2D eigenvalue weighted by molar-refractivity contribution is 5.48. The molecule has 20 heavy (non-hydrogen) atoms. The highest BCUT2D eigenvalue weighted by atomic mass is 15.3. The molecule has 2 heteroatoms. The average molecular weight is 274 g/mol. The van der Waals surface area contributed by atoms with Crippen molar-refractivity contribution >= 4 is 5.69 Å². The van der Waals surface area contributed by atoms with E-state index in [1.807, 2.05) is 0 Å². The first kappa shape index (κ1) is 15.4. The standard InChI is InChI=1S/C18H30N2/c1-4-5-6-11-19-12-14-20(15-13-19)18-9-7-17(8-10-18)16(2)3/h7-10,16H,4-6,11-15H2,1-3H3. The summed E-state index contributed by atoms with van der Waals surface area (Å²) >= 11 is 0. The van der Waals surface area contributed by atoms with Crippen molar-refractivity contribution in [1.82, 2.24) is 4.90 Å². The number of unbranched alkanes of at least 4 members (excludes halogenated alkanes) is 2. The molecule has 1 aliphatic heterocycles. The maximum Gasteiger partial charge on any atom is 0.0367 e. The van der Waals surface area contributed by atoms with Crippen molar-refractivity contribution in [2.45, 2.75) is 46.0 Å². The quantitative estimate of drug-likeness (QED) is 0.720. The first-order chi connectivity index (χ1) is 9.70. The van der Waals surface area contributed by atoms with Gasteiger partial charge in [-0.3, -0.25) is 4.90 Å². The zero-order valence-corrected chi connectivity index (χ0v) is 13.4. The van der Waals surface area contributed by atoms with Crippen molar-refractivity contribution < 1.29 is 0 Å². The maximum atomic E-state index is 2.62. The van der Waals surface area contributed by atoms with Crippen LogP contribution in [0, 0.1) is 0 Å². The van der Waals surface area contributed by atoms with Crippen LogP contribution < -0.4 is 4.90 Å². The summed E-state index contributed by atoms with van der Waals surface area (Å²) in [6.07, 6.45) is 4.05. The number of benzene rings is 1. The van der Waals surface area contributed by atoms with Crippen LogP contribution in [0.5, 0.6) is 0 Å². The molecular formula is C18H30N2. The summed E-state index contributed by atoms with van der Waals surface area (Å²) in [6.45, 7) is 12.9. The Morgan fingerprint density at radius 3 is 2.15 bits per heavy atom. The van der Waals surface area contributed by atoms with Crippen LogP contribution in [0.1, 0.15) is 51.5 Å². The van der Waals surface area contributed by atoms with Gasteiger partial charge in [-0.05, 0) is 36.6 Å². The number of rotatable bonds is 6. The molecule has 0 amide bonds. The molecule has 2 nitrogen and oxygen atoms in total. The van der Waals surface area contributed by atoms with Crippen LogP contribution in [0.4, 0.5) is 5.69 Å². The molecular weight excluding hydrogens is 244 g/mol. The SMILES string of the molecule is CCCCCN1CCN(c2ccc(C(C)C)cc2)CC1. The summed E-state index contributed by atoms with van der Waals surface area (Å²) in [6, 6.07) is 9.16. The monoisotopic (exact) mass is 274 g/mol. The van der Waals surface area contributed by atoms with Gasteiger partial charge in [0, 0.05) is 31.9 Å². The molecule has 2 rings (SSSR count). The van der Waals surface area contributed by atoms with E-state index in [2.05, 4.69) is 54.8 Å². The number of hydrogen-bond acceptors (Lipinski definition) is 2. The second-order valence-corrected chi connectivity index (χ2v) is 6.28. The van der Waals surface area contributed by atoms with E-state index in [1.165, 1.54) is 63.2 Å². The molecule has 112 valence electrons. The first-order valence-corrected chi connectivity index (χ1v) is 8.28. The van der Waals surface area contributed by atoms with Crippen LogP contribution in [0.25, 0.3) is 0 Å². The molecule has 0 N–H and O–H groups in total. The van der Waals surface area contributed by atoms with Gasteiger partial charge in [0.25, 0.3) is 0 Å². The maximum absolute atomic E-state index is 2.62. The number of nitrogens with zero attached hydrogens (tertiary/aromatic N) is 2. The fourth-order valence-electron chi connectivity index (χ4n) is 2.89. The lowest BCUT2D eigenvalue weighted by Gasteiger charge is -2.36. The summed E-state index contributed by atoms with van der Waals surface area (Å²) in [7, 11) is 0. The molecule has 0 spiro atoms. The van der Waals surface area contributed by atoms with Gasteiger partial charge in [0.15, 0.2) is 0 Å². The highest BCUT2D eigenvalue weighted by Crippen LogP contribution is 2.21. The molecule has 1 aliphatic rings. The van der Waals surface area contributed by atoms with Crippen molar-refractivity contribution in [3.05, 3.63) is 29.8 Å². The Morgan fingerprint density at radius 2 is 1.60 bits per heavy atom. The Balaban J connectivity index is 1.81. The van der Waals surface area contributed by atoms with E-state index in [0.29, 0.717) is 5.92 Å². The normalized spacial score (nSPS) is 16.9. The molecule has 1 fully saturated rings. The molecule has 0 radical (unpaired) electrons. The molecule has 0 bridgehead atoms. The third kappa shape index (κ3) is 4.24. The number of anilines is 1. The molecule has 1 heterocycles. The van der Waals surface area contributed by atoms with E-state index in [0.717, 1.165) is 0 Å². The fourth-order valence-corrected chi connectivity index (χ4v) is 2.89. The zero-order valence-electron chi connectivity index (χ0n) is 13.4.